The standard InChI is InChI=1S/C18H27N3O2/c1-7-21(8-2)13-9-10-14(12(3)11-13)20-15(17(19)23)16(22)18(4,5)6/h9-11H,7-8H2,1-6H3,(H2,19,23). The Bertz CT molecular complexity index is 624. The van der Waals surface area contributed by atoms with Gasteiger partial charge >= 0.3 is 0 Å². The molecule has 126 valence electrons. The lowest BCUT2D eigenvalue weighted by molar-refractivity contribution is -0.121. The lowest BCUT2D eigenvalue weighted by Crippen LogP contribution is -2.37. The van der Waals surface area contributed by atoms with E-state index >= 15 is 0 Å². The van der Waals surface area contributed by atoms with Crippen LogP contribution in [0.3, 0.4) is 0 Å². The molecule has 0 aliphatic heterocycles. The van der Waals surface area contributed by atoms with Crippen LogP contribution in [0.5, 0.6) is 0 Å². The number of primary amides is 1. The van der Waals surface area contributed by atoms with Crippen molar-refractivity contribution in [2.24, 2.45) is 16.1 Å². The summed E-state index contributed by atoms with van der Waals surface area (Å²) in [5.41, 5.74) is 7.03. The van der Waals surface area contributed by atoms with Crippen molar-refractivity contribution in [2.45, 2.75) is 41.5 Å². The van der Waals surface area contributed by atoms with E-state index in [9.17, 15) is 9.59 Å². The zero-order valence-corrected chi connectivity index (χ0v) is 14.9. The normalized spacial score (nSPS) is 12.2. The van der Waals surface area contributed by atoms with Crippen LogP contribution in [-0.4, -0.2) is 30.5 Å². The van der Waals surface area contributed by atoms with Crippen molar-refractivity contribution in [3.8, 4) is 0 Å². The zero-order chi connectivity index (χ0) is 17.8. The summed E-state index contributed by atoms with van der Waals surface area (Å²) in [6.07, 6.45) is 0. The van der Waals surface area contributed by atoms with Crippen LogP contribution >= 0.6 is 0 Å². The van der Waals surface area contributed by atoms with Crippen LogP contribution in [0.15, 0.2) is 23.2 Å². The van der Waals surface area contributed by atoms with Crippen LogP contribution in [-0.2, 0) is 9.59 Å². The summed E-state index contributed by atoms with van der Waals surface area (Å²) in [5, 5.41) is 0. The summed E-state index contributed by atoms with van der Waals surface area (Å²) in [6, 6.07) is 5.77. The van der Waals surface area contributed by atoms with E-state index in [4.69, 9.17) is 5.73 Å². The van der Waals surface area contributed by atoms with E-state index < -0.39 is 11.3 Å². The Kier molecular flexibility index (Phi) is 6.07. The van der Waals surface area contributed by atoms with E-state index in [1.807, 2.05) is 25.1 Å². The smallest absolute Gasteiger partial charge is 0.271 e. The van der Waals surface area contributed by atoms with Crippen molar-refractivity contribution < 1.29 is 9.59 Å². The Morgan fingerprint density at radius 2 is 1.74 bits per heavy atom. The molecule has 0 fully saturated rings. The van der Waals surface area contributed by atoms with Gasteiger partial charge in [-0.3, -0.25) is 9.59 Å². The van der Waals surface area contributed by atoms with Crippen molar-refractivity contribution in [1.82, 2.24) is 0 Å². The van der Waals surface area contributed by atoms with Crippen LogP contribution in [0.1, 0.15) is 40.2 Å². The molecule has 5 nitrogen and oxygen atoms in total. The maximum Gasteiger partial charge on any atom is 0.271 e. The molecule has 1 aromatic rings. The topological polar surface area (TPSA) is 75.8 Å². The first-order valence-electron chi connectivity index (χ1n) is 7.90. The molecule has 2 N–H and O–H groups in total. The molecule has 1 aromatic carbocycles. The van der Waals surface area contributed by atoms with Gasteiger partial charge in [-0.25, -0.2) is 4.99 Å². The fraction of sp³-hybridized carbons (Fsp3) is 0.500. The van der Waals surface area contributed by atoms with Crippen LogP contribution in [0.2, 0.25) is 0 Å². The van der Waals surface area contributed by atoms with E-state index in [0.29, 0.717) is 5.69 Å². The molecule has 0 atom stereocenters. The third kappa shape index (κ3) is 4.65. The number of carbonyl (C=O) groups excluding carboxylic acids is 2. The molecule has 5 heteroatoms. The van der Waals surface area contributed by atoms with Crippen LogP contribution in [0.25, 0.3) is 0 Å². The molecule has 23 heavy (non-hydrogen) atoms. The summed E-state index contributed by atoms with van der Waals surface area (Å²) >= 11 is 0. The first-order valence-corrected chi connectivity index (χ1v) is 7.90. The highest BCUT2D eigenvalue weighted by Gasteiger charge is 2.29. The number of aliphatic imine (C=N–C) groups is 1. The molecule has 0 saturated heterocycles. The largest absolute Gasteiger partial charge is 0.372 e. The summed E-state index contributed by atoms with van der Waals surface area (Å²) in [5.74, 6) is -1.14. The second kappa shape index (κ2) is 7.40. The van der Waals surface area contributed by atoms with Gasteiger partial charge in [0.15, 0.2) is 11.5 Å². The molecule has 0 aromatic heterocycles. The summed E-state index contributed by atoms with van der Waals surface area (Å²) < 4.78 is 0. The maximum atomic E-state index is 12.3. The number of aryl methyl sites for hydroxylation is 1. The Labute approximate surface area is 138 Å². The highest BCUT2D eigenvalue weighted by atomic mass is 16.2. The fourth-order valence-electron chi connectivity index (χ4n) is 2.24. The van der Waals surface area contributed by atoms with E-state index in [1.54, 1.807) is 20.8 Å². The van der Waals surface area contributed by atoms with Crippen molar-refractivity contribution in [3.63, 3.8) is 0 Å². The van der Waals surface area contributed by atoms with Gasteiger partial charge in [-0.2, -0.15) is 0 Å². The van der Waals surface area contributed by atoms with E-state index in [-0.39, 0.29) is 11.5 Å². The third-order valence-corrected chi connectivity index (χ3v) is 3.67. The van der Waals surface area contributed by atoms with Crippen LogP contribution in [0, 0.1) is 12.3 Å². The predicted octanol–water partition coefficient (Wildman–Crippen LogP) is 3.01. The van der Waals surface area contributed by atoms with Crippen molar-refractivity contribution in [2.75, 3.05) is 18.0 Å². The van der Waals surface area contributed by atoms with Crippen molar-refractivity contribution in [3.05, 3.63) is 23.8 Å². The van der Waals surface area contributed by atoms with E-state index in [0.717, 1.165) is 24.3 Å². The van der Waals surface area contributed by atoms with Gasteiger partial charge in [-0.1, -0.05) is 20.8 Å². The molecule has 0 bridgehead atoms. The highest BCUT2D eigenvalue weighted by Crippen LogP contribution is 2.26. The average Bonchev–Trinajstić information content (AvgIpc) is 2.45. The molecule has 0 radical (unpaired) electrons. The van der Waals surface area contributed by atoms with Gasteiger partial charge in [0.1, 0.15) is 0 Å². The number of hydrogen-bond acceptors (Lipinski definition) is 4. The van der Waals surface area contributed by atoms with Gasteiger partial charge < -0.3 is 10.6 Å². The Balaban J connectivity index is 3.29. The number of amides is 1. The minimum Gasteiger partial charge on any atom is -0.372 e. The number of benzene rings is 1. The summed E-state index contributed by atoms with van der Waals surface area (Å²) in [7, 11) is 0. The number of nitrogens with two attached hydrogens (primary N) is 1. The molecule has 1 amide bonds. The molecule has 0 unspecified atom stereocenters. The summed E-state index contributed by atoms with van der Waals surface area (Å²) in [4.78, 5) is 30.5. The SMILES string of the molecule is CCN(CC)c1ccc(N=C(C(N)=O)C(=O)C(C)(C)C)c(C)c1. The van der Waals surface area contributed by atoms with Crippen LogP contribution in [0.4, 0.5) is 11.4 Å². The quantitative estimate of drug-likeness (QED) is 0.647. The number of nitrogens with zero attached hydrogens (tertiary/aromatic N) is 2. The van der Waals surface area contributed by atoms with Crippen LogP contribution < -0.4 is 10.6 Å². The number of rotatable bonds is 6. The van der Waals surface area contributed by atoms with Gasteiger partial charge in [-0.05, 0) is 44.5 Å². The Morgan fingerprint density at radius 1 is 1.17 bits per heavy atom. The number of anilines is 1. The molecule has 0 aliphatic carbocycles. The Morgan fingerprint density at radius 3 is 2.13 bits per heavy atom. The summed E-state index contributed by atoms with van der Waals surface area (Å²) in [6.45, 7) is 13.1. The molecule has 0 heterocycles. The minimum absolute atomic E-state index is 0.198. The van der Waals surface area contributed by atoms with E-state index in [1.165, 1.54) is 0 Å². The number of carbonyl (C=O) groups is 2. The van der Waals surface area contributed by atoms with Crippen molar-refractivity contribution in [1.29, 1.82) is 0 Å². The molecule has 0 saturated carbocycles. The Hall–Kier alpha value is -2.17. The van der Waals surface area contributed by atoms with Gasteiger partial charge in [-0.15, -0.1) is 0 Å². The number of hydrogen-bond donors (Lipinski definition) is 1. The van der Waals surface area contributed by atoms with E-state index in [2.05, 4.69) is 23.7 Å². The minimum atomic E-state index is -0.794. The predicted molar refractivity (Wildman–Crippen MR) is 95.5 cm³/mol. The third-order valence-electron chi connectivity index (χ3n) is 3.67. The molecule has 0 spiro atoms. The number of Topliss-reactive ketones (excluding diaryl/α,β-unsaturated/α-hetero) is 1. The van der Waals surface area contributed by atoms with Gasteiger partial charge in [0.25, 0.3) is 5.91 Å². The average molecular weight is 317 g/mol. The monoisotopic (exact) mass is 317 g/mol. The van der Waals surface area contributed by atoms with Crippen molar-refractivity contribution >= 4 is 28.8 Å². The molecular formula is C18H27N3O2. The highest BCUT2D eigenvalue weighted by molar-refractivity contribution is 6.66. The number of ketones is 1. The second-order valence-electron chi connectivity index (χ2n) is 6.55. The molecular weight excluding hydrogens is 290 g/mol. The zero-order valence-electron chi connectivity index (χ0n) is 14.9. The van der Waals surface area contributed by atoms with Gasteiger partial charge in [0.2, 0.25) is 0 Å². The van der Waals surface area contributed by atoms with Gasteiger partial charge in [0, 0.05) is 24.2 Å². The lowest BCUT2D eigenvalue weighted by Gasteiger charge is -2.22. The molecule has 1 rings (SSSR count). The first kappa shape index (κ1) is 18.9. The molecule has 0 aliphatic rings. The first-order chi connectivity index (χ1) is 10.6. The van der Waals surface area contributed by atoms with Gasteiger partial charge in [0.05, 0.1) is 5.69 Å². The second-order valence-corrected chi connectivity index (χ2v) is 6.55. The maximum absolute atomic E-state index is 12.3. The lowest BCUT2D eigenvalue weighted by atomic mass is 9.87. The fourth-order valence-corrected chi connectivity index (χ4v) is 2.24.